The van der Waals surface area contributed by atoms with Gasteiger partial charge in [-0.2, -0.15) is 10.1 Å². The maximum atomic E-state index is 13.9. The van der Waals surface area contributed by atoms with E-state index in [0.717, 1.165) is 4.57 Å². The van der Waals surface area contributed by atoms with Crippen LogP contribution in [0.1, 0.15) is 40.8 Å². The molecule has 15 nitrogen and oxygen atoms in total. The number of nitrogens with two attached hydrogens (primary N) is 1. The zero-order chi connectivity index (χ0) is 30.6. The van der Waals surface area contributed by atoms with E-state index >= 15 is 0 Å². The van der Waals surface area contributed by atoms with Gasteiger partial charge in [0.25, 0.3) is 0 Å². The summed E-state index contributed by atoms with van der Waals surface area (Å²) in [5.41, 5.74) is 11.9. The number of halogens is 1. The van der Waals surface area contributed by atoms with E-state index in [0.29, 0.717) is 0 Å². The number of hydrogen-bond acceptors (Lipinski definition) is 11. The molecular weight excluding hydrogens is 581 g/mol. The zero-order valence-corrected chi connectivity index (χ0v) is 24.8. The number of nitrogens with one attached hydrogen (secondary N) is 1. The van der Waals surface area contributed by atoms with Crippen LogP contribution in [0.4, 0.5) is 5.82 Å². The van der Waals surface area contributed by atoms with E-state index in [1.165, 1.54) is 38.2 Å². The van der Waals surface area contributed by atoms with E-state index in [2.05, 4.69) is 20.1 Å². The van der Waals surface area contributed by atoms with Crippen molar-refractivity contribution in [2.24, 2.45) is 10.5 Å². The lowest BCUT2D eigenvalue weighted by Gasteiger charge is -2.28. The molecule has 0 radical (unpaired) electrons. The third kappa shape index (κ3) is 7.98. The molecule has 4 N–H and O–H groups in total. The van der Waals surface area contributed by atoms with E-state index in [4.69, 9.17) is 35.9 Å². The topological polar surface area (TPSA) is 213 Å². The minimum atomic E-state index is -4.41. The fourth-order valence-corrected chi connectivity index (χ4v) is 5.55. The smallest absolute Gasteiger partial charge is 0.459 e. The molecule has 0 bridgehead atoms. The first-order valence-electron chi connectivity index (χ1n) is 12.5. The molecule has 2 heterocycles. The third-order valence-corrected chi connectivity index (χ3v) is 7.88. The van der Waals surface area contributed by atoms with Gasteiger partial charge in [-0.3, -0.25) is 13.9 Å². The van der Waals surface area contributed by atoms with Crippen LogP contribution < -0.4 is 21.0 Å². The van der Waals surface area contributed by atoms with Gasteiger partial charge < -0.3 is 24.8 Å². The van der Waals surface area contributed by atoms with Crippen molar-refractivity contribution in [3.8, 4) is 5.75 Å². The average molecular weight is 614 g/mol. The Morgan fingerprint density at radius 2 is 2.10 bits per heavy atom. The monoisotopic (exact) mass is 613 g/mol. The summed E-state index contributed by atoms with van der Waals surface area (Å²) >= 11 is 6.19. The molecule has 41 heavy (non-hydrogen) atoms. The van der Waals surface area contributed by atoms with Crippen LogP contribution in [0.2, 0.25) is 5.02 Å². The summed E-state index contributed by atoms with van der Waals surface area (Å²) in [6.45, 7) is 7.94. The quantitative estimate of drug-likeness (QED) is 0.109. The number of ether oxygens (including phenoxy) is 2. The van der Waals surface area contributed by atoms with Gasteiger partial charge >= 0.3 is 19.4 Å². The van der Waals surface area contributed by atoms with Crippen LogP contribution >= 0.6 is 19.3 Å². The predicted octanol–water partition coefficient (Wildman–Crippen LogP) is 3.58. The molecule has 0 spiro atoms. The van der Waals surface area contributed by atoms with E-state index in [-0.39, 0.29) is 28.6 Å². The second-order valence-corrected chi connectivity index (χ2v) is 12.9. The Morgan fingerprint density at radius 1 is 1.41 bits per heavy atom. The second-order valence-electron chi connectivity index (χ2n) is 10.8. The lowest BCUT2D eigenvalue weighted by Crippen LogP contribution is -2.45. The van der Waals surface area contributed by atoms with Gasteiger partial charge in [0.05, 0.1) is 24.3 Å². The number of hydrogen-bond donors (Lipinski definition) is 3. The summed E-state index contributed by atoms with van der Waals surface area (Å²) in [4.78, 5) is 31.5. The fraction of sp³-hybridized carbons (Fsp3) is 0.542. The number of esters is 1. The number of carbonyl (C=O) groups excluding carboxylic acids is 1. The number of carbonyl (C=O) groups is 1. The van der Waals surface area contributed by atoms with Crippen LogP contribution in [-0.4, -0.2) is 57.6 Å². The Morgan fingerprint density at radius 3 is 2.71 bits per heavy atom. The third-order valence-electron chi connectivity index (χ3n) is 5.94. The maximum absolute atomic E-state index is 13.9. The molecule has 224 valence electrons. The van der Waals surface area contributed by atoms with Gasteiger partial charge in [-0.25, -0.2) is 9.36 Å². The molecule has 2 aromatic rings. The molecule has 6 atom stereocenters. The highest BCUT2D eigenvalue weighted by molar-refractivity contribution is 7.52. The first-order chi connectivity index (χ1) is 19.1. The Hall–Kier alpha value is -3.16. The molecule has 1 aromatic carbocycles. The summed E-state index contributed by atoms with van der Waals surface area (Å²) in [7, 11) is -4.41. The van der Waals surface area contributed by atoms with E-state index in [9.17, 15) is 24.8 Å². The van der Waals surface area contributed by atoms with Crippen molar-refractivity contribution in [2.45, 2.75) is 64.6 Å². The van der Waals surface area contributed by atoms with Gasteiger partial charge in [0.1, 0.15) is 29.3 Å². The number of nitrogen functional groups attached to an aromatic ring is 1. The Balaban J connectivity index is 1.87. The van der Waals surface area contributed by atoms with E-state index < -0.39 is 56.0 Å². The number of rotatable bonds is 11. The maximum Gasteiger partial charge on any atom is 0.459 e. The summed E-state index contributed by atoms with van der Waals surface area (Å²) in [5, 5.41) is 17.4. The van der Waals surface area contributed by atoms with Crippen LogP contribution in [0.3, 0.4) is 0 Å². The number of para-hydroxylation sites is 1. The first-order valence-corrected chi connectivity index (χ1v) is 14.4. The minimum Gasteiger partial charge on any atom is -0.464 e. The van der Waals surface area contributed by atoms with Crippen molar-refractivity contribution in [1.29, 1.82) is 0 Å². The SMILES string of the molecule is C[C@H](NP(=O)(OC[C@H]1OC(n2ccc(N)nc2=O)[C@](C)(N=[N+]=[N-])[C@@H]1O)Oc1ccccc1Cl)C(=O)OCC(C)(C)C. The van der Waals surface area contributed by atoms with Crippen molar-refractivity contribution in [1.82, 2.24) is 14.6 Å². The molecule has 2 unspecified atom stereocenters. The second kappa shape index (κ2) is 12.8. The summed E-state index contributed by atoms with van der Waals surface area (Å²) < 4.78 is 37.3. The van der Waals surface area contributed by atoms with Crippen LogP contribution in [-0.2, 0) is 23.4 Å². The number of nitrogens with zero attached hydrogens (tertiary/aromatic N) is 5. The number of azide groups is 1. The van der Waals surface area contributed by atoms with Gasteiger partial charge in [-0.05, 0) is 43.0 Å². The highest BCUT2D eigenvalue weighted by Crippen LogP contribution is 2.48. The molecule has 1 aliphatic rings. The van der Waals surface area contributed by atoms with E-state index in [1.807, 2.05) is 20.8 Å². The fourth-order valence-electron chi connectivity index (χ4n) is 3.80. The lowest BCUT2D eigenvalue weighted by atomic mass is 9.93. The van der Waals surface area contributed by atoms with Crippen molar-refractivity contribution in [2.75, 3.05) is 18.9 Å². The normalized spacial score (nSPS) is 24.6. The number of benzene rings is 1. The molecule has 0 amide bonds. The lowest BCUT2D eigenvalue weighted by molar-refractivity contribution is -0.148. The van der Waals surface area contributed by atoms with Crippen LogP contribution in [0.25, 0.3) is 10.4 Å². The molecule has 1 saturated heterocycles. The first kappa shape index (κ1) is 32.4. The van der Waals surface area contributed by atoms with Crippen LogP contribution in [0.15, 0.2) is 46.4 Å². The highest BCUT2D eigenvalue weighted by Gasteiger charge is 2.55. The standard InChI is InChI=1S/C24H33ClN7O8P/c1-14(20(34)37-13-23(2,3)4)29-41(36,40-16-9-7-6-8-15(16)25)38-12-17-19(33)24(5,30-31-27)21(39-17)32-11-10-18(26)28-22(32)35/h6-11,14,17,19,21,33H,12-13H2,1-5H3,(H,29,36)(H2,26,28,35)/t14-,17+,19+,21?,24+,41?/m0/s1. The van der Waals surface area contributed by atoms with Gasteiger partial charge in [0.15, 0.2) is 6.23 Å². The number of aromatic nitrogens is 2. The van der Waals surface area contributed by atoms with E-state index in [1.54, 1.807) is 12.1 Å². The average Bonchev–Trinajstić information content (AvgIpc) is 3.12. The largest absolute Gasteiger partial charge is 0.464 e. The van der Waals surface area contributed by atoms with Crippen molar-refractivity contribution < 1.29 is 33.0 Å². The molecule has 17 heteroatoms. The molecule has 1 aromatic heterocycles. The number of aliphatic hydroxyl groups is 1. The van der Waals surface area contributed by atoms with Crippen molar-refractivity contribution in [3.05, 3.63) is 62.5 Å². The Labute approximate surface area is 241 Å². The van der Waals surface area contributed by atoms with Crippen molar-refractivity contribution >= 4 is 31.1 Å². The molecule has 1 fully saturated rings. The molecule has 3 rings (SSSR count). The summed E-state index contributed by atoms with van der Waals surface area (Å²) in [5.74, 6) is -0.770. The zero-order valence-electron chi connectivity index (χ0n) is 23.1. The van der Waals surface area contributed by atoms with Gasteiger partial charge in [-0.15, -0.1) is 0 Å². The molecule has 0 saturated carbocycles. The number of anilines is 1. The predicted molar refractivity (Wildman–Crippen MR) is 149 cm³/mol. The minimum absolute atomic E-state index is 0.00977. The van der Waals surface area contributed by atoms with Gasteiger partial charge in [0, 0.05) is 11.1 Å². The molecule has 0 aliphatic carbocycles. The summed E-state index contributed by atoms with van der Waals surface area (Å²) in [6, 6.07) is 6.34. The molecule has 1 aliphatic heterocycles. The van der Waals surface area contributed by atoms with Crippen LogP contribution in [0.5, 0.6) is 5.75 Å². The van der Waals surface area contributed by atoms with Crippen LogP contribution in [0, 0.1) is 5.41 Å². The summed E-state index contributed by atoms with van der Waals surface area (Å²) in [6.07, 6.45) is -2.89. The molecular formula is C24H33ClN7O8P. The van der Waals surface area contributed by atoms with Gasteiger partial charge in [0.2, 0.25) is 0 Å². The van der Waals surface area contributed by atoms with Crippen molar-refractivity contribution in [3.63, 3.8) is 0 Å². The van der Waals surface area contributed by atoms with Gasteiger partial charge in [-0.1, -0.05) is 49.6 Å². The highest BCUT2D eigenvalue weighted by atomic mass is 35.5. The number of aliphatic hydroxyl groups excluding tert-OH is 1. The Bertz CT molecular complexity index is 1410. The Kier molecular flexibility index (Phi) is 10.1.